The van der Waals surface area contributed by atoms with Gasteiger partial charge in [0.25, 0.3) is 0 Å². The highest BCUT2D eigenvalue weighted by atomic mass is 14.2. The number of benzene rings is 6. The summed E-state index contributed by atoms with van der Waals surface area (Å²) in [6, 6.07) is 43.9. The molecular weight excluding hydrogens is 456 g/mol. The lowest BCUT2D eigenvalue weighted by molar-refractivity contribution is 1.43. The minimum Gasteiger partial charge on any atom is -0.0683 e. The van der Waals surface area contributed by atoms with Crippen molar-refractivity contribution in [1.82, 2.24) is 0 Å². The second-order valence-corrected chi connectivity index (χ2v) is 9.02. The molecule has 0 heteroatoms. The van der Waals surface area contributed by atoms with Gasteiger partial charge < -0.3 is 0 Å². The van der Waals surface area contributed by atoms with E-state index in [1.807, 2.05) is 27.7 Å². The van der Waals surface area contributed by atoms with E-state index in [9.17, 15) is 0 Å². The Morgan fingerprint density at radius 3 is 1.05 bits per heavy atom. The van der Waals surface area contributed by atoms with Crippen LogP contribution in [0.15, 0.2) is 121 Å². The van der Waals surface area contributed by atoms with Crippen LogP contribution in [0.5, 0.6) is 0 Å². The summed E-state index contributed by atoms with van der Waals surface area (Å²) in [6.45, 7) is 12.6. The zero-order valence-electron chi connectivity index (χ0n) is 23.5. The van der Waals surface area contributed by atoms with Gasteiger partial charge in [-0.05, 0) is 92.0 Å². The highest BCUT2D eigenvalue weighted by Crippen LogP contribution is 2.45. The lowest BCUT2D eigenvalue weighted by Crippen LogP contribution is -1.96. The van der Waals surface area contributed by atoms with Gasteiger partial charge in [0.05, 0.1) is 0 Å². The quantitative estimate of drug-likeness (QED) is 0.229. The van der Waals surface area contributed by atoms with E-state index in [1.54, 1.807) is 0 Å². The van der Waals surface area contributed by atoms with Gasteiger partial charge in [-0.15, -0.1) is 0 Å². The largest absolute Gasteiger partial charge is 0.0683 e. The molecule has 0 heterocycles. The topological polar surface area (TPSA) is 0 Å². The average molecular weight is 495 g/mol. The minimum atomic E-state index is 1.26. The first-order valence-corrected chi connectivity index (χ1v) is 13.9. The molecule has 0 N–H and O–H groups in total. The van der Waals surface area contributed by atoms with Crippen molar-refractivity contribution >= 4 is 21.5 Å². The highest BCUT2D eigenvalue weighted by Gasteiger charge is 2.19. The third-order valence-electron chi connectivity index (χ3n) is 7.04. The first kappa shape index (κ1) is 26.9. The fourth-order valence-corrected chi connectivity index (χ4v) is 5.38. The summed E-state index contributed by atoms with van der Waals surface area (Å²) in [5.41, 5.74) is 10.4. The predicted molar refractivity (Wildman–Crippen MR) is 170 cm³/mol. The lowest BCUT2D eigenvalue weighted by Gasteiger charge is -2.21. The van der Waals surface area contributed by atoms with E-state index in [0.717, 1.165) is 0 Å². The van der Waals surface area contributed by atoms with Crippen molar-refractivity contribution in [3.63, 3.8) is 0 Å². The van der Waals surface area contributed by atoms with E-state index in [0.29, 0.717) is 0 Å². The molecule has 0 fully saturated rings. The van der Waals surface area contributed by atoms with Crippen LogP contribution < -0.4 is 0 Å². The van der Waals surface area contributed by atoms with Crippen molar-refractivity contribution in [2.24, 2.45) is 0 Å². The molecule has 0 bridgehead atoms. The van der Waals surface area contributed by atoms with Crippen molar-refractivity contribution in [3.05, 3.63) is 132 Å². The maximum absolute atomic E-state index is 2.35. The summed E-state index contributed by atoms with van der Waals surface area (Å²) in [5, 5.41) is 5.15. The van der Waals surface area contributed by atoms with E-state index < -0.39 is 0 Å². The number of hydrogen-bond acceptors (Lipinski definition) is 0. The zero-order valence-corrected chi connectivity index (χ0v) is 23.5. The van der Waals surface area contributed by atoms with E-state index in [2.05, 4.69) is 135 Å². The predicted octanol–water partition coefficient (Wildman–Crippen LogP) is 11.7. The number of rotatable bonds is 3. The van der Waals surface area contributed by atoms with Crippen molar-refractivity contribution in [1.29, 1.82) is 0 Å². The summed E-state index contributed by atoms with van der Waals surface area (Å²) in [6.07, 6.45) is 0. The minimum absolute atomic E-state index is 1.26. The molecule has 0 radical (unpaired) electrons. The summed E-state index contributed by atoms with van der Waals surface area (Å²) in [7, 11) is 0. The molecule has 0 nitrogen and oxygen atoms in total. The monoisotopic (exact) mass is 494 g/mol. The average Bonchev–Trinajstić information content (AvgIpc) is 3.00. The fourth-order valence-electron chi connectivity index (χ4n) is 5.38. The van der Waals surface area contributed by atoms with Gasteiger partial charge >= 0.3 is 0 Å². The Kier molecular flexibility index (Phi) is 8.77. The van der Waals surface area contributed by atoms with Crippen LogP contribution in [0.4, 0.5) is 0 Å². The Morgan fingerprint density at radius 1 is 0.368 bits per heavy atom. The summed E-state index contributed by atoms with van der Waals surface area (Å²) in [5.74, 6) is 0. The number of hydrogen-bond donors (Lipinski definition) is 0. The van der Waals surface area contributed by atoms with E-state index >= 15 is 0 Å². The normalized spacial score (nSPS) is 10.4. The molecule has 0 unspecified atom stereocenters. The van der Waals surface area contributed by atoms with Gasteiger partial charge in [0, 0.05) is 0 Å². The third-order valence-corrected chi connectivity index (χ3v) is 7.04. The van der Waals surface area contributed by atoms with Crippen LogP contribution in [-0.4, -0.2) is 0 Å². The van der Waals surface area contributed by atoms with Gasteiger partial charge in [0.1, 0.15) is 0 Å². The lowest BCUT2D eigenvalue weighted by atomic mass is 9.82. The van der Waals surface area contributed by atoms with E-state index in [4.69, 9.17) is 0 Å². The smallest absolute Gasteiger partial charge is 0.00608 e. The molecule has 6 aromatic carbocycles. The van der Waals surface area contributed by atoms with Crippen LogP contribution in [0.3, 0.4) is 0 Å². The molecule has 0 saturated carbocycles. The van der Waals surface area contributed by atoms with Gasteiger partial charge in [0.15, 0.2) is 0 Å². The van der Waals surface area contributed by atoms with Crippen molar-refractivity contribution < 1.29 is 0 Å². The van der Waals surface area contributed by atoms with Crippen LogP contribution in [-0.2, 0) is 0 Å². The van der Waals surface area contributed by atoms with Gasteiger partial charge in [0.2, 0.25) is 0 Å². The first-order valence-electron chi connectivity index (χ1n) is 13.9. The number of fused-ring (bicyclic) bond motifs is 2. The Bertz CT molecular complexity index is 1510. The Hall–Kier alpha value is -4.16. The second kappa shape index (κ2) is 12.4. The molecule has 190 valence electrons. The molecule has 0 spiro atoms. The third kappa shape index (κ3) is 5.00. The van der Waals surface area contributed by atoms with Gasteiger partial charge in [-0.25, -0.2) is 0 Å². The molecule has 38 heavy (non-hydrogen) atoms. The summed E-state index contributed by atoms with van der Waals surface area (Å²) < 4.78 is 0. The SMILES string of the molecule is CC.CC.Cc1c(-c2ccccc2)cc2ccccc2c1-c1c(C)c(-c2ccccc2)cc2ccccc12. The van der Waals surface area contributed by atoms with Gasteiger partial charge in [-0.2, -0.15) is 0 Å². The highest BCUT2D eigenvalue weighted by molar-refractivity contribution is 6.11. The van der Waals surface area contributed by atoms with Crippen molar-refractivity contribution in [3.8, 4) is 33.4 Å². The molecule has 0 atom stereocenters. The first-order chi connectivity index (χ1) is 18.7. The Labute approximate surface area is 228 Å². The van der Waals surface area contributed by atoms with E-state index in [-0.39, 0.29) is 0 Å². The van der Waals surface area contributed by atoms with Crippen LogP contribution in [0.25, 0.3) is 54.9 Å². The van der Waals surface area contributed by atoms with Crippen LogP contribution in [0, 0.1) is 13.8 Å². The maximum Gasteiger partial charge on any atom is -0.00608 e. The van der Waals surface area contributed by atoms with Crippen LogP contribution in [0.2, 0.25) is 0 Å². The fraction of sp³-hybridized carbons (Fsp3) is 0.158. The Balaban J connectivity index is 0.000000804. The summed E-state index contributed by atoms with van der Waals surface area (Å²) >= 11 is 0. The molecule has 0 aliphatic heterocycles. The molecule has 0 aliphatic rings. The zero-order chi connectivity index (χ0) is 27.1. The van der Waals surface area contributed by atoms with Crippen molar-refractivity contribution in [2.45, 2.75) is 41.5 Å². The second-order valence-electron chi connectivity index (χ2n) is 9.02. The molecule has 6 rings (SSSR count). The standard InChI is InChI=1S/C34H26.2C2H6/c1-23-31(25-13-5-3-6-14-25)21-27-17-9-11-19-29(27)33(23)34-24(2)32(26-15-7-4-8-16-26)22-28-18-10-12-20-30(28)34;2*1-2/h3-22H,1-2H3;2*1-2H3. The van der Waals surface area contributed by atoms with Crippen molar-refractivity contribution in [2.75, 3.05) is 0 Å². The summed E-state index contributed by atoms with van der Waals surface area (Å²) in [4.78, 5) is 0. The molecule has 0 amide bonds. The van der Waals surface area contributed by atoms with Gasteiger partial charge in [-0.1, -0.05) is 137 Å². The molecule has 0 aliphatic carbocycles. The van der Waals surface area contributed by atoms with Crippen LogP contribution >= 0.6 is 0 Å². The molecular formula is C38H38. The molecule has 0 aromatic heterocycles. The Morgan fingerprint density at radius 2 is 0.684 bits per heavy atom. The van der Waals surface area contributed by atoms with Gasteiger partial charge in [-0.3, -0.25) is 0 Å². The maximum atomic E-state index is 2.35. The van der Waals surface area contributed by atoms with E-state index in [1.165, 1.54) is 66.1 Å². The molecule has 6 aromatic rings. The molecule has 0 saturated heterocycles. The van der Waals surface area contributed by atoms with Crippen LogP contribution in [0.1, 0.15) is 38.8 Å².